The molecule has 1 saturated carbocycles. The first-order valence-corrected chi connectivity index (χ1v) is 15.8. The summed E-state index contributed by atoms with van der Waals surface area (Å²) < 4.78 is 29.5. The highest BCUT2D eigenvalue weighted by Crippen LogP contribution is 2.27. The van der Waals surface area contributed by atoms with E-state index >= 15 is 0 Å². The van der Waals surface area contributed by atoms with Crippen molar-refractivity contribution < 1.29 is 18.0 Å². The van der Waals surface area contributed by atoms with Crippen LogP contribution in [-0.2, 0) is 26.2 Å². The van der Waals surface area contributed by atoms with Gasteiger partial charge in [-0.05, 0) is 74.7 Å². The molecule has 1 fully saturated rings. The number of carbonyl (C=O) groups excluding carboxylic acids is 2. The van der Waals surface area contributed by atoms with Crippen LogP contribution in [0.25, 0.3) is 0 Å². The molecule has 1 atom stereocenters. The van der Waals surface area contributed by atoms with E-state index in [-0.39, 0.29) is 23.4 Å². The molecule has 3 aromatic rings. The van der Waals surface area contributed by atoms with Gasteiger partial charge in [-0.3, -0.25) is 13.9 Å². The molecule has 0 aliphatic heterocycles. The molecule has 212 valence electrons. The molecule has 4 rings (SSSR count). The first-order chi connectivity index (χ1) is 19.0. The molecule has 1 aliphatic carbocycles. The van der Waals surface area contributed by atoms with Gasteiger partial charge in [-0.25, -0.2) is 8.42 Å². The second-order valence-corrected chi connectivity index (χ2v) is 13.3. The van der Waals surface area contributed by atoms with Crippen molar-refractivity contribution in [1.82, 2.24) is 10.2 Å². The molecule has 2 amide bonds. The van der Waals surface area contributed by atoms with Crippen molar-refractivity contribution in [2.24, 2.45) is 0 Å². The zero-order valence-electron chi connectivity index (χ0n) is 22.5. The van der Waals surface area contributed by atoms with Crippen molar-refractivity contribution in [3.8, 4) is 0 Å². The quantitative estimate of drug-likeness (QED) is 0.289. The van der Waals surface area contributed by atoms with E-state index in [9.17, 15) is 18.0 Å². The number of hydrogen-bond acceptors (Lipinski definition) is 4. The Morgan fingerprint density at radius 3 is 2.35 bits per heavy atom. The van der Waals surface area contributed by atoms with Crippen LogP contribution in [0.15, 0.2) is 82.2 Å². The van der Waals surface area contributed by atoms with Crippen molar-refractivity contribution >= 4 is 55.1 Å². The maximum atomic E-state index is 14.0. The van der Waals surface area contributed by atoms with E-state index in [0.29, 0.717) is 15.2 Å². The minimum Gasteiger partial charge on any atom is -0.352 e. The highest BCUT2D eigenvalue weighted by Gasteiger charge is 2.33. The number of aryl methyl sites for hydroxylation is 1. The molecular weight excluding hydrogens is 614 g/mol. The van der Waals surface area contributed by atoms with Crippen molar-refractivity contribution in [2.45, 2.75) is 63.1 Å². The maximum absolute atomic E-state index is 14.0. The number of amides is 2. The van der Waals surface area contributed by atoms with Gasteiger partial charge in [0.1, 0.15) is 12.6 Å². The van der Waals surface area contributed by atoms with E-state index in [1.54, 1.807) is 61.5 Å². The van der Waals surface area contributed by atoms with Crippen LogP contribution in [0.4, 0.5) is 5.69 Å². The molecule has 3 aromatic carbocycles. The van der Waals surface area contributed by atoms with Gasteiger partial charge in [0.25, 0.3) is 10.0 Å². The van der Waals surface area contributed by atoms with Crippen molar-refractivity contribution in [1.29, 1.82) is 0 Å². The lowest BCUT2D eigenvalue weighted by atomic mass is 10.1. The van der Waals surface area contributed by atoms with Gasteiger partial charge >= 0.3 is 0 Å². The summed E-state index contributed by atoms with van der Waals surface area (Å²) in [6.45, 7) is 3.15. The third kappa shape index (κ3) is 7.44. The maximum Gasteiger partial charge on any atom is 0.264 e. The first kappa shape index (κ1) is 30.1. The average molecular weight is 647 g/mol. The van der Waals surface area contributed by atoms with Gasteiger partial charge in [0, 0.05) is 22.1 Å². The third-order valence-electron chi connectivity index (χ3n) is 7.09. The van der Waals surface area contributed by atoms with Crippen molar-refractivity contribution in [3.05, 3.63) is 93.4 Å². The molecule has 0 radical (unpaired) electrons. The Morgan fingerprint density at radius 1 is 1.02 bits per heavy atom. The Labute approximate surface area is 249 Å². The lowest BCUT2D eigenvalue weighted by Gasteiger charge is -2.32. The number of halogens is 2. The van der Waals surface area contributed by atoms with Gasteiger partial charge in [0.2, 0.25) is 11.8 Å². The molecule has 7 nitrogen and oxygen atoms in total. The molecule has 0 saturated heterocycles. The highest BCUT2D eigenvalue weighted by atomic mass is 79.9. The zero-order chi connectivity index (χ0) is 28.9. The van der Waals surface area contributed by atoms with Crippen LogP contribution < -0.4 is 9.62 Å². The van der Waals surface area contributed by atoms with Crippen LogP contribution >= 0.6 is 27.5 Å². The lowest BCUT2D eigenvalue weighted by Crippen LogP contribution is -2.52. The number of hydrogen-bond donors (Lipinski definition) is 1. The van der Waals surface area contributed by atoms with E-state index in [2.05, 4.69) is 21.2 Å². The number of sulfonamides is 1. The molecular formula is C30H33BrClN3O4S. The minimum atomic E-state index is -4.12. The fourth-order valence-corrected chi connectivity index (χ4v) is 6.81. The number of anilines is 1. The summed E-state index contributed by atoms with van der Waals surface area (Å²) >= 11 is 9.62. The SMILES string of the molecule is Cc1ccc(S(=O)(=O)N(CC(=O)N(Cc2cccc(Cl)c2)C(C)C(=O)NC2CCCC2)c2cccc(Br)c2)cc1. The summed E-state index contributed by atoms with van der Waals surface area (Å²) in [5, 5.41) is 3.57. The van der Waals surface area contributed by atoms with Crippen LogP contribution in [0, 0.1) is 6.92 Å². The summed E-state index contributed by atoms with van der Waals surface area (Å²) in [6.07, 6.45) is 3.93. The number of nitrogens with one attached hydrogen (secondary N) is 1. The Bertz CT molecular complexity index is 1460. The molecule has 1 N–H and O–H groups in total. The van der Waals surface area contributed by atoms with Crippen molar-refractivity contribution in [2.75, 3.05) is 10.8 Å². The monoisotopic (exact) mass is 645 g/mol. The summed E-state index contributed by atoms with van der Waals surface area (Å²) in [6, 6.07) is 19.6. The molecule has 1 aliphatic rings. The predicted octanol–water partition coefficient (Wildman–Crippen LogP) is 6.08. The summed E-state index contributed by atoms with van der Waals surface area (Å²) in [4.78, 5) is 28.8. The fraction of sp³-hybridized carbons (Fsp3) is 0.333. The molecule has 0 heterocycles. The number of benzene rings is 3. The number of rotatable bonds is 10. The molecule has 0 bridgehead atoms. The van der Waals surface area contributed by atoms with Crippen LogP contribution in [0.1, 0.15) is 43.7 Å². The molecule has 40 heavy (non-hydrogen) atoms. The third-order valence-corrected chi connectivity index (χ3v) is 9.61. The zero-order valence-corrected chi connectivity index (χ0v) is 25.7. The fourth-order valence-electron chi connectivity index (χ4n) is 4.80. The van der Waals surface area contributed by atoms with Gasteiger partial charge in [-0.2, -0.15) is 0 Å². The Kier molecular flexibility index (Phi) is 9.92. The van der Waals surface area contributed by atoms with Crippen LogP contribution in [0.2, 0.25) is 5.02 Å². The van der Waals surface area contributed by atoms with E-state index < -0.39 is 28.5 Å². The van der Waals surface area contributed by atoms with Gasteiger partial charge in [0.05, 0.1) is 10.6 Å². The molecule has 1 unspecified atom stereocenters. The summed E-state index contributed by atoms with van der Waals surface area (Å²) in [5.41, 5.74) is 1.98. The summed E-state index contributed by atoms with van der Waals surface area (Å²) in [7, 11) is -4.12. The summed E-state index contributed by atoms with van der Waals surface area (Å²) in [5.74, 6) is -0.776. The number of nitrogens with zero attached hydrogens (tertiary/aromatic N) is 2. The lowest BCUT2D eigenvalue weighted by molar-refractivity contribution is -0.139. The van der Waals surface area contributed by atoms with E-state index in [0.717, 1.165) is 41.1 Å². The van der Waals surface area contributed by atoms with Crippen LogP contribution in [0.3, 0.4) is 0 Å². The Balaban J connectivity index is 1.69. The smallest absolute Gasteiger partial charge is 0.264 e. The van der Waals surface area contributed by atoms with Gasteiger partial charge in [0.15, 0.2) is 0 Å². The predicted molar refractivity (Wildman–Crippen MR) is 162 cm³/mol. The van der Waals surface area contributed by atoms with E-state index in [1.807, 2.05) is 13.0 Å². The topological polar surface area (TPSA) is 86.8 Å². The Morgan fingerprint density at radius 2 is 1.70 bits per heavy atom. The van der Waals surface area contributed by atoms with Gasteiger partial charge in [-0.15, -0.1) is 0 Å². The van der Waals surface area contributed by atoms with Gasteiger partial charge in [-0.1, -0.05) is 76.3 Å². The average Bonchev–Trinajstić information content (AvgIpc) is 3.43. The van der Waals surface area contributed by atoms with Crippen molar-refractivity contribution in [3.63, 3.8) is 0 Å². The van der Waals surface area contributed by atoms with Crippen LogP contribution in [-0.4, -0.2) is 43.8 Å². The van der Waals surface area contributed by atoms with E-state index in [4.69, 9.17) is 11.6 Å². The standard InChI is InChI=1S/C30H33BrClN3O4S/c1-21-13-15-28(16-14-21)40(38,39)35(27-12-6-8-24(31)18-27)20-29(36)34(19-23-7-5-9-25(32)17-23)22(2)30(37)33-26-10-3-4-11-26/h5-9,12-18,22,26H,3-4,10-11,19-20H2,1-2H3,(H,33,37). The largest absolute Gasteiger partial charge is 0.352 e. The molecule has 0 aromatic heterocycles. The second kappa shape index (κ2) is 13.2. The molecule has 10 heteroatoms. The normalized spacial score (nSPS) is 14.5. The molecule has 0 spiro atoms. The number of carbonyl (C=O) groups is 2. The minimum absolute atomic E-state index is 0.0688. The highest BCUT2D eigenvalue weighted by molar-refractivity contribution is 9.10. The van der Waals surface area contributed by atoms with E-state index in [1.165, 1.54) is 17.0 Å². The second-order valence-electron chi connectivity index (χ2n) is 10.1. The first-order valence-electron chi connectivity index (χ1n) is 13.2. The van der Waals surface area contributed by atoms with Crippen LogP contribution in [0.5, 0.6) is 0 Å². The van der Waals surface area contributed by atoms with Gasteiger partial charge < -0.3 is 10.2 Å². The Hall–Kier alpha value is -2.88.